The molecule has 3 aromatic rings. The Kier molecular flexibility index (Phi) is 4.84. The highest BCUT2D eigenvalue weighted by molar-refractivity contribution is 5.91. The lowest BCUT2D eigenvalue weighted by Gasteiger charge is -2.34. The van der Waals surface area contributed by atoms with Crippen molar-refractivity contribution < 1.29 is 9.21 Å². The van der Waals surface area contributed by atoms with Gasteiger partial charge in [-0.2, -0.15) is 5.10 Å². The molecule has 0 fully saturated rings. The van der Waals surface area contributed by atoms with E-state index in [2.05, 4.69) is 50.3 Å². The van der Waals surface area contributed by atoms with Crippen molar-refractivity contribution in [2.24, 2.45) is 0 Å². The van der Waals surface area contributed by atoms with Crippen LogP contribution in [0.15, 0.2) is 65.4 Å². The molecule has 1 atom stereocenters. The highest BCUT2D eigenvalue weighted by atomic mass is 16.3. The van der Waals surface area contributed by atoms with Crippen molar-refractivity contribution in [2.75, 3.05) is 13.1 Å². The molecule has 0 radical (unpaired) electrons. The fraction of sp³-hybridized carbons (Fsp3) is 0.300. The first-order chi connectivity index (χ1) is 12.8. The Bertz CT molecular complexity index is 842. The molecule has 1 aliphatic heterocycles. The number of fused-ring (bicyclic) bond motifs is 1. The smallest absolute Gasteiger partial charge is 0.286 e. The molecule has 3 heterocycles. The second kappa shape index (κ2) is 7.58. The number of carbonyl (C=O) groups is 1. The lowest BCUT2D eigenvalue weighted by Crippen LogP contribution is -2.38. The summed E-state index contributed by atoms with van der Waals surface area (Å²) in [6.45, 7) is 3.31. The van der Waals surface area contributed by atoms with E-state index in [1.54, 1.807) is 12.1 Å². The molecular formula is C20H22N4O2. The number of hydrogen-bond acceptors (Lipinski definition) is 4. The minimum atomic E-state index is -0.173. The van der Waals surface area contributed by atoms with Crippen molar-refractivity contribution in [3.05, 3.63) is 78.0 Å². The van der Waals surface area contributed by atoms with Gasteiger partial charge in [0.25, 0.3) is 5.91 Å². The third-order valence-corrected chi connectivity index (χ3v) is 4.71. The molecule has 2 aromatic heterocycles. The van der Waals surface area contributed by atoms with Crippen molar-refractivity contribution in [1.29, 1.82) is 0 Å². The first-order valence-corrected chi connectivity index (χ1v) is 8.90. The van der Waals surface area contributed by atoms with E-state index in [1.165, 1.54) is 17.5 Å². The number of amides is 1. The van der Waals surface area contributed by atoms with Crippen molar-refractivity contribution in [1.82, 2.24) is 20.0 Å². The largest absolute Gasteiger partial charge is 0.459 e. The van der Waals surface area contributed by atoms with Crippen LogP contribution < -0.4 is 5.32 Å². The van der Waals surface area contributed by atoms with Gasteiger partial charge in [0.1, 0.15) is 0 Å². The quantitative estimate of drug-likeness (QED) is 0.742. The Labute approximate surface area is 152 Å². The van der Waals surface area contributed by atoms with Gasteiger partial charge in [0.15, 0.2) is 5.76 Å². The molecule has 0 bridgehead atoms. The average molecular weight is 350 g/mol. The molecule has 134 valence electrons. The molecule has 6 heteroatoms. The van der Waals surface area contributed by atoms with Crippen LogP contribution in [0.3, 0.4) is 0 Å². The van der Waals surface area contributed by atoms with Gasteiger partial charge in [-0.3, -0.25) is 14.4 Å². The summed E-state index contributed by atoms with van der Waals surface area (Å²) in [6, 6.07) is 16.2. The van der Waals surface area contributed by atoms with Crippen LogP contribution in [-0.4, -0.2) is 33.7 Å². The molecule has 0 spiro atoms. The van der Waals surface area contributed by atoms with Gasteiger partial charge in [-0.15, -0.1) is 0 Å². The van der Waals surface area contributed by atoms with Crippen LogP contribution in [0.2, 0.25) is 0 Å². The average Bonchev–Trinajstić information content (AvgIpc) is 3.34. The van der Waals surface area contributed by atoms with E-state index in [0.29, 0.717) is 12.3 Å². The number of aromatic nitrogens is 2. The van der Waals surface area contributed by atoms with E-state index in [9.17, 15) is 4.79 Å². The standard InChI is InChI=1S/C20H22N4O2/c25-20(19-7-4-12-26-19)21-10-8-17-14-23(13-16-5-2-1-3-6-16)15-18-9-11-22-24(17)18/h1-7,9,11-12,17H,8,10,13-15H2,(H,21,25)/t17-/m1/s1. The van der Waals surface area contributed by atoms with Gasteiger partial charge < -0.3 is 9.73 Å². The third-order valence-electron chi connectivity index (χ3n) is 4.71. The number of carbonyl (C=O) groups excluding carboxylic acids is 1. The zero-order valence-corrected chi connectivity index (χ0v) is 14.5. The lowest BCUT2D eigenvalue weighted by atomic mass is 10.1. The minimum Gasteiger partial charge on any atom is -0.459 e. The summed E-state index contributed by atoms with van der Waals surface area (Å²) in [5.74, 6) is 0.173. The molecule has 26 heavy (non-hydrogen) atoms. The molecule has 1 aromatic carbocycles. The maximum atomic E-state index is 12.0. The molecule has 4 rings (SSSR count). The summed E-state index contributed by atoms with van der Waals surface area (Å²) in [6.07, 6.45) is 4.19. The Morgan fingerprint density at radius 1 is 1.19 bits per heavy atom. The Hall–Kier alpha value is -2.86. The topological polar surface area (TPSA) is 63.3 Å². The van der Waals surface area contributed by atoms with E-state index in [4.69, 9.17) is 4.42 Å². The maximum absolute atomic E-state index is 12.0. The summed E-state index contributed by atoms with van der Waals surface area (Å²) in [5.41, 5.74) is 2.53. The van der Waals surface area contributed by atoms with Gasteiger partial charge in [-0.25, -0.2) is 0 Å². The van der Waals surface area contributed by atoms with Crippen LogP contribution in [0.4, 0.5) is 0 Å². The Morgan fingerprint density at radius 3 is 2.88 bits per heavy atom. The van der Waals surface area contributed by atoms with Crippen LogP contribution in [0.1, 0.15) is 34.3 Å². The van der Waals surface area contributed by atoms with Gasteiger partial charge in [-0.05, 0) is 30.2 Å². The highest BCUT2D eigenvalue weighted by Crippen LogP contribution is 2.24. The van der Waals surface area contributed by atoms with Gasteiger partial charge in [0.05, 0.1) is 18.0 Å². The zero-order chi connectivity index (χ0) is 17.8. The second-order valence-corrected chi connectivity index (χ2v) is 6.60. The number of nitrogens with zero attached hydrogens (tertiary/aromatic N) is 3. The predicted octanol–water partition coefficient (Wildman–Crippen LogP) is 2.85. The molecule has 0 saturated carbocycles. The normalized spacial score (nSPS) is 17.0. The fourth-order valence-electron chi connectivity index (χ4n) is 3.49. The first kappa shape index (κ1) is 16.6. The molecule has 0 aliphatic carbocycles. The Morgan fingerprint density at radius 2 is 2.08 bits per heavy atom. The Balaban J connectivity index is 1.38. The minimum absolute atomic E-state index is 0.173. The van der Waals surface area contributed by atoms with E-state index in [-0.39, 0.29) is 11.9 Å². The van der Waals surface area contributed by atoms with Gasteiger partial charge in [-0.1, -0.05) is 30.3 Å². The summed E-state index contributed by atoms with van der Waals surface area (Å²) >= 11 is 0. The van der Waals surface area contributed by atoms with Crippen LogP contribution in [-0.2, 0) is 13.1 Å². The number of furan rings is 1. The summed E-state index contributed by atoms with van der Waals surface area (Å²) in [5, 5.41) is 7.41. The number of hydrogen-bond donors (Lipinski definition) is 1. The zero-order valence-electron chi connectivity index (χ0n) is 14.5. The van der Waals surface area contributed by atoms with E-state index in [1.807, 2.05) is 12.3 Å². The molecule has 0 saturated heterocycles. The maximum Gasteiger partial charge on any atom is 0.286 e. The lowest BCUT2D eigenvalue weighted by molar-refractivity contribution is 0.0919. The molecule has 6 nitrogen and oxygen atoms in total. The molecule has 0 unspecified atom stereocenters. The van der Waals surface area contributed by atoms with Crippen LogP contribution in [0.5, 0.6) is 0 Å². The summed E-state index contributed by atoms with van der Waals surface area (Å²) < 4.78 is 7.23. The van der Waals surface area contributed by atoms with Crippen LogP contribution in [0, 0.1) is 0 Å². The third kappa shape index (κ3) is 3.70. The van der Waals surface area contributed by atoms with Gasteiger partial charge in [0.2, 0.25) is 0 Å². The van der Waals surface area contributed by atoms with Crippen LogP contribution >= 0.6 is 0 Å². The van der Waals surface area contributed by atoms with Crippen molar-refractivity contribution >= 4 is 5.91 Å². The monoisotopic (exact) mass is 350 g/mol. The van der Waals surface area contributed by atoms with E-state index in [0.717, 1.165) is 26.1 Å². The SMILES string of the molecule is O=C(NCC[C@@H]1CN(Cc2ccccc2)Cc2ccnn21)c1ccco1. The summed E-state index contributed by atoms with van der Waals surface area (Å²) in [4.78, 5) is 14.4. The van der Waals surface area contributed by atoms with Gasteiger partial charge >= 0.3 is 0 Å². The summed E-state index contributed by atoms with van der Waals surface area (Å²) in [7, 11) is 0. The first-order valence-electron chi connectivity index (χ1n) is 8.90. The molecule has 1 N–H and O–H groups in total. The number of nitrogens with one attached hydrogen (secondary N) is 1. The number of rotatable bonds is 6. The highest BCUT2D eigenvalue weighted by Gasteiger charge is 2.25. The predicted molar refractivity (Wildman–Crippen MR) is 97.5 cm³/mol. The van der Waals surface area contributed by atoms with Crippen molar-refractivity contribution in [3.8, 4) is 0 Å². The molecule has 1 amide bonds. The second-order valence-electron chi connectivity index (χ2n) is 6.60. The van der Waals surface area contributed by atoms with Crippen LogP contribution in [0.25, 0.3) is 0 Å². The van der Waals surface area contributed by atoms with E-state index >= 15 is 0 Å². The van der Waals surface area contributed by atoms with Crippen molar-refractivity contribution in [3.63, 3.8) is 0 Å². The fourth-order valence-corrected chi connectivity index (χ4v) is 3.49. The van der Waals surface area contributed by atoms with Crippen molar-refractivity contribution in [2.45, 2.75) is 25.6 Å². The number of benzene rings is 1. The molecule has 1 aliphatic rings. The van der Waals surface area contributed by atoms with Gasteiger partial charge in [0, 0.05) is 32.4 Å². The molecular weight excluding hydrogens is 328 g/mol. The van der Waals surface area contributed by atoms with E-state index < -0.39 is 0 Å².